The first-order valence-electron chi connectivity index (χ1n) is 5.74. The van der Waals surface area contributed by atoms with E-state index in [4.69, 9.17) is 0 Å². The standard InChI is InChI=1S/C11H20F3N/c1-3-6-15-10(9-7-8(9)2)4-5-11(12,13)14/h8-10,15H,3-7H2,1-2H3. The highest BCUT2D eigenvalue weighted by Gasteiger charge is 2.40. The zero-order chi connectivity index (χ0) is 11.5. The fraction of sp³-hybridized carbons (Fsp3) is 1.00. The second-order valence-corrected chi connectivity index (χ2v) is 4.59. The Morgan fingerprint density at radius 1 is 1.40 bits per heavy atom. The normalized spacial score (nSPS) is 27.8. The Labute approximate surface area is 89.4 Å². The summed E-state index contributed by atoms with van der Waals surface area (Å²) in [4.78, 5) is 0. The van der Waals surface area contributed by atoms with E-state index in [9.17, 15) is 13.2 Å². The zero-order valence-electron chi connectivity index (χ0n) is 9.40. The zero-order valence-corrected chi connectivity index (χ0v) is 9.40. The molecule has 0 saturated heterocycles. The summed E-state index contributed by atoms with van der Waals surface area (Å²) in [6, 6.07) is 0.0709. The van der Waals surface area contributed by atoms with Crippen molar-refractivity contribution in [1.82, 2.24) is 5.32 Å². The summed E-state index contributed by atoms with van der Waals surface area (Å²) >= 11 is 0. The molecule has 0 heterocycles. The molecule has 0 spiro atoms. The molecule has 0 aromatic heterocycles. The summed E-state index contributed by atoms with van der Waals surface area (Å²) in [6.07, 6.45) is -2.37. The molecule has 4 heteroatoms. The first-order valence-corrected chi connectivity index (χ1v) is 5.74. The van der Waals surface area contributed by atoms with Crippen molar-refractivity contribution in [2.75, 3.05) is 6.54 Å². The molecule has 0 aromatic carbocycles. The van der Waals surface area contributed by atoms with Crippen LogP contribution in [0.15, 0.2) is 0 Å². The first kappa shape index (κ1) is 12.8. The van der Waals surface area contributed by atoms with Gasteiger partial charge in [0.05, 0.1) is 0 Å². The van der Waals surface area contributed by atoms with E-state index in [0.717, 1.165) is 19.4 Å². The maximum Gasteiger partial charge on any atom is 0.389 e. The van der Waals surface area contributed by atoms with Gasteiger partial charge in [-0.1, -0.05) is 13.8 Å². The highest BCUT2D eigenvalue weighted by molar-refractivity contribution is 4.92. The number of nitrogens with one attached hydrogen (secondary N) is 1. The minimum absolute atomic E-state index is 0.0709. The average molecular weight is 223 g/mol. The molecule has 0 amide bonds. The van der Waals surface area contributed by atoms with Gasteiger partial charge in [0.15, 0.2) is 0 Å². The van der Waals surface area contributed by atoms with Gasteiger partial charge in [-0.05, 0) is 37.6 Å². The predicted octanol–water partition coefficient (Wildman–Crippen LogP) is 3.35. The van der Waals surface area contributed by atoms with E-state index < -0.39 is 12.6 Å². The third-order valence-corrected chi connectivity index (χ3v) is 3.08. The summed E-state index contributed by atoms with van der Waals surface area (Å²) in [6.45, 7) is 4.97. The Morgan fingerprint density at radius 3 is 2.40 bits per heavy atom. The van der Waals surface area contributed by atoms with Crippen LogP contribution in [-0.4, -0.2) is 18.8 Å². The molecule has 1 aliphatic rings. The van der Waals surface area contributed by atoms with Gasteiger partial charge in [-0.3, -0.25) is 0 Å². The molecular formula is C11H20F3N. The molecule has 1 fully saturated rings. The molecule has 3 unspecified atom stereocenters. The number of hydrogen-bond donors (Lipinski definition) is 1. The van der Waals surface area contributed by atoms with E-state index in [2.05, 4.69) is 12.2 Å². The lowest BCUT2D eigenvalue weighted by atomic mass is 10.0. The predicted molar refractivity (Wildman–Crippen MR) is 54.6 cm³/mol. The summed E-state index contributed by atoms with van der Waals surface area (Å²) in [5.74, 6) is 1.08. The van der Waals surface area contributed by atoms with Gasteiger partial charge in [-0.15, -0.1) is 0 Å². The molecule has 0 radical (unpaired) electrons. The Balaban J connectivity index is 2.29. The van der Waals surface area contributed by atoms with Crippen molar-refractivity contribution in [3.63, 3.8) is 0 Å². The van der Waals surface area contributed by atoms with Crippen LogP contribution in [-0.2, 0) is 0 Å². The third kappa shape index (κ3) is 4.87. The Morgan fingerprint density at radius 2 is 2.00 bits per heavy atom. The Hall–Kier alpha value is -0.250. The van der Waals surface area contributed by atoms with Crippen molar-refractivity contribution in [2.24, 2.45) is 11.8 Å². The molecule has 0 bridgehead atoms. The minimum atomic E-state index is -4.01. The van der Waals surface area contributed by atoms with Crippen molar-refractivity contribution < 1.29 is 13.2 Å². The highest BCUT2D eigenvalue weighted by atomic mass is 19.4. The topological polar surface area (TPSA) is 12.0 Å². The van der Waals surface area contributed by atoms with Gasteiger partial charge >= 0.3 is 6.18 Å². The van der Waals surface area contributed by atoms with Crippen LogP contribution in [0.2, 0.25) is 0 Å². The van der Waals surface area contributed by atoms with Gasteiger partial charge in [-0.25, -0.2) is 0 Å². The van der Waals surface area contributed by atoms with Crippen molar-refractivity contribution in [2.45, 2.75) is 51.7 Å². The smallest absolute Gasteiger partial charge is 0.314 e. The lowest BCUT2D eigenvalue weighted by Crippen LogP contribution is -2.33. The lowest BCUT2D eigenvalue weighted by Gasteiger charge is -2.19. The molecule has 1 saturated carbocycles. The van der Waals surface area contributed by atoms with Crippen LogP contribution >= 0.6 is 0 Å². The van der Waals surface area contributed by atoms with Crippen molar-refractivity contribution >= 4 is 0 Å². The first-order chi connectivity index (χ1) is 6.94. The number of rotatable bonds is 6. The van der Waals surface area contributed by atoms with E-state index in [1.807, 2.05) is 6.92 Å². The van der Waals surface area contributed by atoms with Crippen molar-refractivity contribution in [3.05, 3.63) is 0 Å². The summed E-state index contributed by atoms with van der Waals surface area (Å²) < 4.78 is 36.3. The molecular weight excluding hydrogens is 203 g/mol. The van der Waals surface area contributed by atoms with E-state index >= 15 is 0 Å². The fourth-order valence-corrected chi connectivity index (χ4v) is 2.03. The Bertz CT molecular complexity index is 191. The summed E-state index contributed by atoms with van der Waals surface area (Å²) in [5, 5.41) is 3.23. The molecule has 90 valence electrons. The molecule has 1 aliphatic carbocycles. The molecule has 1 nitrogen and oxygen atoms in total. The molecule has 1 rings (SSSR count). The van der Waals surface area contributed by atoms with Crippen LogP contribution in [0.25, 0.3) is 0 Å². The SMILES string of the molecule is CCCNC(CCC(F)(F)F)C1CC1C. The molecule has 3 atom stereocenters. The average Bonchev–Trinajstić information content (AvgIpc) is 2.81. The van der Waals surface area contributed by atoms with Crippen molar-refractivity contribution in [3.8, 4) is 0 Å². The van der Waals surface area contributed by atoms with Gasteiger partial charge in [-0.2, -0.15) is 13.2 Å². The molecule has 1 N–H and O–H groups in total. The second-order valence-electron chi connectivity index (χ2n) is 4.59. The van der Waals surface area contributed by atoms with E-state index in [-0.39, 0.29) is 12.5 Å². The van der Waals surface area contributed by atoms with Crippen LogP contribution in [0.1, 0.15) is 39.5 Å². The van der Waals surface area contributed by atoms with Crippen LogP contribution in [0, 0.1) is 11.8 Å². The van der Waals surface area contributed by atoms with E-state index in [0.29, 0.717) is 11.8 Å². The van der Waals surface area contributed by atoms with E-state index in [1.165, 1.54) is 0 Å². The van der Waals surface area contributed by atoms with Gasteiger partial charge in [0.2, 0.25) is 0 Å². The number of halogens is 3. The van der Waals surface area contributed by atoms with Crippen LogP contribution in [0.3, 0.4) is 0 Å². The molecule has 15 heavy (non-hydrogen) atoms. The fourth-order valence-electron chi connectivity index (χ4n) is 2.03. The maximum absolute atomic E-state index is 12.1. The lowest BCUT2D eigenvalue weighted by molar-refractivity contribution is -0.136. The summed E-state index contributed by atoms with van der Waals surface area (Å²) in [5.41, 5.74) is 0. The van der Waals surface area contributed by atoms with Gasteiger partial charge in [0, 0.05) is 12.5 Å². The van der Waals surface area contributed by atoms with Crippen LogP contribution < -0.4 is 5.32 Å². The molecule has 0 aliphatic heterocycles. The van der Waals surface area contributed by atoms with E-state index in [1.54, 1.807) is 0 Å². The van der Waals surface area contributed by atoms with Crippen molar-refractivity contribution in [1.29, 1.82) is 0 Å². The van der Waals surface area contributed by atoms with Gasteiger partial charge in [0.25, 0.3) is 0 Å². The third-order valence-electron chi connectivity index (χ3n) is 3.08. The van der Waals surface area contributed by atoms with Gasteiger partial charge in [0.1, 0.15) is 0 Å². The minimum Gasteiger partial charge on any atom is -0.314 e. The monoisotopic (exact) mass is 223 g/mol. The van der Waals surface area contributed by atoms with Crippen LogP contribution in [0.4, 0.5) is 13.2 Å². The van der Waals surface area contributed by atoms with Crippen LogP contribution in [0.5, 0.6) is 0 Å². The maximum atomic E-state index is 12.1. The second kappa shape index (κ2) is 5.19. The van der Waals surface area contributed by atoms with Gasteiger partial charge < -0.3 is 5.32 Å². The molecule has 0 aromatic rings. The Kier molecular flexibility index (Phi) is 4.44. The number of alkyl halides is 3. The highest BCUT2D eigenvalue weighted by Crippen LogP contribution is 2.42. The number of hydrogen-bond acceptors (Lipinski definition) is 1. The largest absolute Gasteiger partial charge is 0.389 e. The summed E-state index contributed by atoms with van der Waals surface area (Å²) in [7, 11) is 0. The quantitative estimate of drug-likeness (QED) is 0.728.